The first-order valence-electron chi connectivity index (χ1n) is 9.57. The van der Waals surface area contributed by atoms with Gasteiger partial charge in [-0.05, 0) is 49.7 Å². The van der Waals surface area contributed by atoms with E-state index >= 15 is 0 Å². The van der Waals surface area contributed by atoms with E-state index < -0.39 is 0 Å². The van der Waals surface area contributed by atoms with Crippen molar-refractivity contribution in [2.24, 2.45) is 0 Å². The molecule has 0 bridgehead atoms. The summed E-state index contributed by atoms with van der Waals surface area (Å²) in [5.41, 5.74) is 0.670. The number of ether oxygens (including phenoxy) is 3. The topological polar surface area (TPSA) is 77.1 Å². The second kappa shape index (κ2) is 11.6. The Morgan fingerprint density at radius 1 is 0.931 bits per heavy atom. The zero-order valence-electron chi connectivity index (χ0n) is 17.1. The predicted octanol–water partition coefficient (Wildman–Crippen LogP) is 3.35. The van der Waals surface area contributed by atoms with Gasteiger partial charge in [0.05, 0.1) is 13.2 Å². The van der Waals surface area contributed by atoms with Gasteiger partial charge in [0.15, 0.2) is 18.1 Å². The van der Waals surface area contributed by atoms with Crippen LogP contribution in [0.2, 0.25) is 0 Å². The van der Waals surface area contributed by atoms with Crippen LogP contribution >= 0.6 is 0 Å². The highest BCUT2D eigenvalue weighted by atomic mass is 16.5. The van der Waals surface area contributed by atoms with Crippen LogP contribution in [-0.2, 0) is 9.59 Å². The van der Waals surface area contributed by atoms with Gasteiger partial charge in [0, 0.05) is 26.2 Å². The fraction of sp³-hybridized carbons (Fsp3) is 0.364. The van der Waals surface area contributed by atoms with E-state index in [2.05, 4.69) is 5.32 Å². The summed E-state index contributed by atoms with van der Waals surface area (Å²) in [6.45, 7) is 2.89. The zero-order chi connectivity index (χ0) is 21.1. The Morgan fingerprint density at radius 3 is 2.21 bits per heavy atom. The van der Waals surface area contributed by atoms with Crippen LogP contribution in [0.5, 0.6) is 17.2 Å². The number of carbonyl (C=O) groups is 2. The Labute approximate surface area is 171 Å². The van der Waals surface area contributed by atoms with E-state index in [4.69, 9.17) is 14.2 Å². The SMILES string of the molecule is CCOc1ccccc1OCCCC(=O)Nc1ccc(OCC(=O)N(C)C)cc1. The number of rotatable bonds is 11. The Bertz CT molecular complexity index is 790. The molecule has 0 fully saturated rings. The van der Waals surface area contributed by atoms with E-state index in [0.717, 1.165) is 0 Å². The first-order chi connectivity index (χ1) is 14.0. The Kier molecular flexibility index (Phi) is 8.82. The second-order valence-corrected chi connectivity index (χ2v) is 6.48. The summed E-state index contributed by atoms with van der Waals surface area (Å²) in [7, 11) is 3.35. The Balaban J connectivity index is 1.71. The van der Waals surface area contributed by atoms with Crippen LogP contribution in [0.3, 0.4) is 0 Å². The van der Waals surface area contributed by atoms with Crippen molar-refractivity contribution in [1.29, 1.82) is 0 Å². The number of nitrogens with one attached hydrogen (secondary N) is 1. The van der Waals surface area contributed by atoms with Gasteiger partial charge < -0.3 is 24.4 Å². The minimum atomic E-state index is -0.117. The smallest absolute Gasteiger partial charge is 0.259 e. The third-order valence-corrected chi connectivity index (χ3v) is 3.95. The molecule has 0 spiro atoms. The van der Waals surface area contributed by atoms with Crippen molar-refractivity contribution >= 4 is 17.5 Å². The Hall–Kier alpha value is -3.22. The fourth-order valence-corrected chi connectivity index (χ4v) is 2.39. The maximum Gasteiger partial charge on any atom is 0.259 e. The molecule has 156 valence electrons. The van der Waals surface area contributed by atoms with Gasteiger partial charge in [-0.25, -0.2) is 0 Å². The second-order valence-electron chi connectivity index (χ2n) is 6.48. The molecule has 0 radical (unpaired) electrons. The Morgan fingerprint density at radius 2 is 1.59 bits per heavy atom. The molecule has 0 aromatic heterocycles. The van der Waals surface area contributed by atoms with Gasteiger partial charge in [-0.15, -0.1) is 0 Å². The van der Waals surface area contributed by atoms with Gasteiger partial charge in [-0.3, -0.25) is 9.59 Å². The number of para-hydroxylation sites is 2. The molecule has 2 rings (SSSR count). The van der Waals surface area contributed by atoms with E-state index in [1.807, 2.05) is 31.2 Å². The highest BCUT2D eigenvalue weighted by Crippen LogP contribution is 2.26. The maximum absolute atomic E-state index is 12.1. The first-order valence-corrected chi connectivity index (χ1v) is 9.57. The largest absolute Gasteiger partial charge is 0.490 e. The monoisotopic (exact) mass is 400 g/mol. The molecule has 0 aliphatic carbocycles. The molecule has 2 aromatic carbocycles. The molecule has 0 saturated carbocycles. The number of nitrogens with zero attached hydrogens (tertiary/aromatic N) is 1. The fourth-order valence-electron chi connectivity index (χ4n) is 2.39. The third-order valence-electron chi connectivity index (χ3n) is 3.95. The standard InChI is InChI=1S/C22H28N2O5/c1-4-27-19-8-5-6-9-20(19)28-15-7-10-21(25)23-17-11-13-18(14-12-17)29-16-22(26)24(2)3/h5-6,8-9,11-14H,4,7,10,15-16H2,1-3H3,(H,23,25). The normalized spacial score (nSPS) is 10.2. The molecule has 29 heavy (non-hydrogen) atoms. The van der Waals surface area contributed by atoms with Gasteiger partial charge in [0.2, 0.25) is 5.91 Å². The molecule has 0 heterocycles. The van der Waals surface area contributed by atoms with Crippen molar-refractivity contribution in [2.45, 2.75) is 19.8 Å². The first kappa shape index (κ1) is 22.1. The highest BCUT2D eigenvalue weighted by molar-refractivity contribution is 5.90. The molecule has 7 nitrogen and oxygen atoms in total. The summed E-state index contributed by atoms with van der Waals surface area (Å²) in [6, 6.07) is 14.4. The highest BCUT2D eigenvalue weighted by Gasteiger charge is 2.07. The van der Waals surface area contributed by atoms with E-state index in [9.17, 15) is 9.59 Å². The summed E-state index contributed by atoms with van der Waals surface area (Å²) in [6.07, 6.45) is 0.923. The molecular weight excluding hydrogens is 372 g/mol. The average Bonchev–Trinajstić information content (AvgIpc) is 2.71. The quantitative estimate of drug-likeness (QED) is 0.586. The van der Waals surface area contributed by atoms with Crippen LogP contribution in [0, 0.1) is 0 Å². The summed E-state index contributed by atoms with van der Waals surface area (Å²) < 4.78 is 16.6. The van der Waals surface area contributed by atoms with E-state index in [1.54, 1.807) is 38.4 Å². The molecular formula is C22H28N2O5. The van der Waals surface area contributed by atoms with Crippen molar-refractivity contribution in [3.05, 3.63) is 48.5 Å². The number of carbonyl (C=O) groups excluding carboxylic acids is 2. The number of hydrogen-bond donors (Lipinski definition) is 1. The summed E-state index contributed by atoms with van der Waals surface area (Å²) in [4.78, 5) is 25.1. The molecule has 0 atom stereocenters. The van der Waals surface area contributed by atoms with Crippen LogP contribution in [0.15, 0.2) is 48.5 Å². The number of benzene rings is 2. The summed E-state index contributed by atoms with van der Waals surface area (Å²) in [5.74, 6) is 1.74. The van der Waals surface area contributed by atoms with Crippen LogP contribution < -0.4 is 19.5 Å². The summed E-state index contributed by atoms with van der Waals surface area (Å²) >= 11 is 0. The van der Waals surface area contributed by atoms with E-state index in [0.29, 0.717) is 49.0 Å². The third kappa shape index (κ3) is 7.73. The van der Waals surface area contributed by atoms with E-state index in [1.165, 1.54) is 4.90 Å². The number of anilines is 1. The van der Waals surface area contributed by atoms with Crippen LogP contribution in [0.4, 0.5) is 5.69 Å². The number of likely N-dealkylation sites (N-methyl/N-ethyl adjacent to an activating group) is 1. The van der Waals surface area contributed by atoms with Crippen LogP contribution in [-0.4, -0.2) is 50.6 Å². The lowest BCUT2D eigenvalue weighted by atomic mass is 10.2. The van der Waals surface area contributed by atoms with Crippen LogP contribution in [0.1, 0.15) is 19.8 Å². The molecule has 1 N–H and O–H groups in total. The van der Waals surface area contributed by atoms with Crippen molar-refractivity contribution in [3.8, 4) is 17.2 Å². The minimum absolute atomic E-state index is 0.0227. The van der Waals surface area contributed by atoms with Crippen molar-refractivity contribution < 1.29 is 23.8 Å². The lowest BCUT2D eigenvalue weighted by molar-refractivity contribution is -0.130. The molecule has 2 amide bonds. The predicted molar refractivity (Wildman–Crippen MR) is 112 cm³/mol. The van der Waals surface area contributed by atoms with Gasteiger partial charge >= 0.3 is 0 Å². The molecule has 0 aliphatic heterocycles. The zero-order valence-corrected chi connectivity index (χ0v) is 17.1. The number of hydrogen-bond acceptors (Lipinski definition) is 5. The van der Waals surface area contributed by atoms with Crippen molar-refractivity contribution in [3.63, 3.8) is 0 Å². The van der Waals surface area contributed by atoms with Gasteiger partial charge in [-0.2, -0.15) is 0 Å². The molecule has 0 saturated heterocycles. The molecule has 7 heteroatoms. The molecule has 0 aliphatic rings. The average molecular weight is 400 g/mol. The van der Waals surface area contributed by atoms with Gasteiger partial charge in [0.1, 0.15) is 5.75 Å². The lowest BCUT2D eigenvalue weighted by Gasteiger charge is -2.12. The van der Waals surface area contributed by atoms with E-state index in [-0.39, 0.29) is 18.4 Å². The van der Waals surface area contributed by atoms with Crippen molar-refractivity contribution in [1.82, 2.24) is 4.90 Å². The van der Waals surface area contributed by atoms with Crippen LogP contribution in [0.25, 0.3) is 0 Å². The number of amides is 2. The van der Waals surface area contributed by atoms with Crippen molar-refractivity contribution in [2.75, 3.05) is 39.2 Å². The molecule has 0 unspecified atom stereocenters. The van der Waals surface area contributed by atoms with Gasteiger partial charge in [-0.1, -0.05) is 12.1 Å². The molecule has 2 aromatic rings. The minimum Gasteiger partial charge on any atom is -0.490 e. The van der Waals surface area contributed by atoms with Gasteiger partial charge in [0.25, 0.3) is 5.91 Å². The lowest BCUT2D eigenvalue weighted by Crippen LogP contribution is -2.27. The maximum atomic E-state index is 12.1. The summed E-state index contributed by atoms with van der Waals surface area (Å²) in [5, 5.41) is 2.83.